The van der Waals surface area contributed by atoms with Gasteiger partial charge in [0.05, 0.1) is 11.0 Å². The highest BCUT2D eigenvalue weighted by atomic mass is 16.1. The van der Waals surface area contributed by atoms with Crippen molar-refractivity contribution in [3.05, 3.63) is 48.2 Å². The van der Waals surface area contributed by atoms with Crippen LogP contribution in [0.5, 0.6) is 0 Å². The Balaban J connectivity index is 2.13. The number of aromatic nitrogens is 3. The normalized spacial score (nSPS) is 10.7. The second kappa shape index (κ2) is 3.96. The number of carbonyl (C=O) groups excluding carboxylic acids is 1. The highest BCUT2D eigenvalue weighted by molar-refractivity contribution is 5.91. The summed E-state index contributed by atoms with van der Waals surface area (Å²) in [6, 6.07) is 12.8. The van der Waals surface area contributed by atoms with Crippen LogP contribution in [0.2, 0.25) is 0 Å². The van der Waals surface area contributed by atoms with Gasteiger partial charge in [-0.05, 0) is 24.3 Å². The number of nitrogens with one attached hydrogen (secondary N) is 1. The van der Waals surface area contributed by atoms with Gasteiger partial charge in [0.1, 0.15) is 11.4 Å². The Hall–Kier alpha value is -2.69. The number of H-pyrrole nitrogens is 1. The molecule has 0 aliphatic carbocycles. The van der Waals surface area contributed by atoms with E-state index in [2.05, 4.69) is 15.0 Å². The molecule has 0 aliphatic heterocycles. The molecule has 0 saturated heterocycles. The fraction of sp³-hybridized carbons (Fsp3) is 0. The molecule has 0 atom stereocenters. The van der Waals surface area contributed by atoms with E-state index in [1.165, 1.54) is 0 Å². The number of aromatic amines is 1. The predicted octanol–water partition coefficient (Wildman–Crippen LogP) is 1.72. The Morgan fingerprint density at radius 1 is 1.06 bits per heavy atom. The number of primary amides is 1. The molecule has 0 radical (unpaired) electrons. The Morgan fingerprint density at radius 3 is 2.67 bits per heavy atom. The van der Waals surface area contributed by atoms with Gasteiger partial charge in [0.25, 0.3) is 5.91 Å². The largest absolute Gasteiger partial charge is 0.364 e. The average Bonchev–Trinajstić information content (AvgIpc) is 2.82. The van der Waals surface area contributed by atoms with E-state index in [-0.39, 0.29) is 5.69 Å². The highest BCUT2D eigenvalue weighted by Gasteiger charge is 2.08. The number of hydrogen-bond acceptors (Lipinski definition) is 3. The molecule has 1 aromatic carbocycles. The Bertz CT molecular complexity index is 699. The molecule has 2 aromatic heterocycles. The van der Waals surface area contributed by atoms with Gasteiger partial charge < -0.3 is 10.7 Å². The molecule has 1 amide bonds. The Morgan fingerprint density at radius 2 is 1.89 bits per heavy atom. The molecule has 3 aromatic rings. The number of hydrogen-bond donors (Lipinski definition) is 2. The standard InChI is InChI=1S/C13H10N4O/c14-12(18)10-6-3-7-11(15-10)13-16-8-4-1-2-5-9(8)17-13/h1-7H,(H2,14,18)(H,16,17). The number of benzene rings is 1. The molecule has 0 spiro atoms. The van der Waals surface area contributed by atoms with Gasteiger partial charge in [-0.2, -0.15) is 0 Å². The van der Waals surface area contributed by atoms with Crippen LogP contribution in [-0.4, -0.2) is 20.9 Å². The maximum absolute atomic E-state index is 11.1. The number of imidazole rings is 1. The Kier molecular flexibility index (Phi) is 2.30. The van der Waals surface area contributed by atoms with Crippen LogP contribution in [0.3, 0.4) is 0 Å². The van der Waals surface area contributed by atoms with Crippen molar-refractivity contribution in [1.82, 2.24) is 15.0 Å². The predicted molar refractivity (Wildman–Crippen MR) is 67.8 cm³/mol. The summed E-state index contributed by atoms with van der Waals surface area (Å²) in [5.41, 5.74) is 7.82. The van der Waals surface area contributed by atoms with Crippen LogP contribution in [0, 0.1) is 0 Å². The van der Waals surface area contributed by atoms with Crippen molar-refractivity contribution in [3.63, 3.8) is 0 Å². The third-order valence-electron chi connectivity index (χ3n) is 2.63. The zero-order valence-electron chi connectivity index (χ0n) is 9.42. The third kappa shape index (κ3) is 1.71. The van der Waals surface area contributed by atoms with Gasteiger partial charge in [0.15, 0.2) is 5.82 Å². The lowest BCUT2D eigenvalue weighted by Gasteiger charge is -1.98. The van der Waals surface area contributed by atoms with Crippen LogP contribution in [0.25, 0.3) is 22.6 Å². The van der Waals surface area contributed by atoms with Crippen LogP contribution in [0.15, 0.2) is 42.5 Å². The third-order valence-corrected chi connectivity index (χ3v) is 2.63. The number of carbonyl (C=O) groups is 1. The molecule has 88 valence electrons. The first-order chi connectivity index (χ1) is 8.74. The molecule has 0 aliphatic rings. The van der Waals surface area contributed by atoms with Gasteiger partial charge >= 0.3 is 0 Å². The maximum Gasteiger partial charge on any atom is 0.267 e. The van der Waals surface area contributed by atoms with Crippen molar-refractivity contribution in [3.8, 4) is 11.5 Å². The minimum absolute atomic E-state index is 0.230. The minimum atomic E-state index is -0.548. The highest BCUT2D eigenvalue weighted by Crippen LogP contribution is 2.18. The molecule has 0 unspecified atom stereocenters. The van der Waals surface area contributed by atoms with Crippen LogP contribution < -0.4 is 5.73 Å². The molecule has 3 rings (SSSR count). The number of nitrogens with two attached hydrogens (primary N) is 1. The zero-order chi connectivity index (χ0) is 12.5. The minimum Gasteiger partial charge on any atom is -0.364 e. The van der Waals surface area contributed by atoms with Crippen molar-refractivity contribution in [1.29, 1.82) is 0 Å². The quantitative estimate of drug-likeness (QED) is 0.712. The van der Waals surface area contributed by atoms with E-state index in [1.54, 1.807) is 18.2 Å². The summed E-state index contributed by atoms with van der Waals surface area (Å²) in [6.07, 6.45) is 0. The SMILES string of the molecule is NC(=O)c1cccc(-c2nc3ccccc3[nH]2)n1. The summed E-state index contributed by atoms with van der Waals surface area (Å²) in [4.78, 5) is 22.8. The Labute approximate surface area is 103 Å². The van der Waals surface area contributed by atoms with E-state index in [1.807, 2.05) is 24.3 Å². The summed E-state index contributed by atoms with van der Waals surface area (Å²) in [6.45, 7) is 0. The van der Waals surface area contributed by atoms with Crippen molar-refractivity contribution in [2.45, 2.75) is 0 Å². The van der Waals surface area contributed by atoms with Crippen molar-refractivity contribution >= 4 is 16.9 Å². The molecule has 2 heterocycles. The molecule has 0 fully saturated rings. The summed E-state index contributed by atoms with van der Waals surface area (Å²) < 4.78 is 0. The number of nitrogens with zero attached hydrogens (tertiary/aromatic N) is 2. The average molecular weight is 238 g/mol. The van der Waals surface area contributed by atoms with Crippen LogP contribution in [0.1, 0.15) is 10.5 Å². The number of para-hydroxylation sites is 2. The van der Waals surface area contributed by atoms with Crippen LogP contribution in [-0.2, 0) is 0 Å². The smallest absolute Gasteiger partial charge is 0.267 e. The number of rotatable bonds is 2. The first-order valence-corrected chi connectivity index (χ1v) is 5.46. The van der Waals surface area contributed by atoms with E-state index < -0.39 is 5.91 Å². The second-order valence-corrected chi connectivity index (χ2v) is 3.87. The van der Waals surface area contributed by atoms with Crippen molar-refractivity contribution < 1.29 is 4.79 Å². The lowest BCUT2D eigenvalue weighted by molar-refractivity contribution is 0.0995. The molecule has 0 saturated carbocycles. The first kappa shape index (κ1) is 10.5. The molecule has 5 nitrogen and oxygen atoms in total. The summed E-state index contributed by atoms with van der Waals surface area (Å²) in [5, 5.41) is 0. The zero-order valence-corrected chi connectivity index (χ0v) is 9.42. The second-order valence-electron chi connectivity index (χ2n) is 3.87. The summed E-state index contributed by atoms with van der Waals surface area (Å²) in [7, 11) is 0. The van der Waals surface area contributed by atoms with Gasteiger partial charge in [0.2, 0.25) is 0 Å². The molecule has 0 bridgehead atoms. The first-order valence-electron chi connectivity index (χ1n) is 5.46. The van der Waals surface area contributed by atoms with Gasteiger partial charge in [0, 0.05) is 0 Å². The lowest BCUT2D eigenvalue weighted by Crippen LogP contribution is -2.13. The molecular formula is C13H10N4O. The molecule has 5 heteroatoms. The van der Waals surface area contributed by atoms with Gasteiger partial charge in [-0.25, -0.2) is 9.97 Å². The monoisotopic (exact) mass is 238 g/mol. The topological polar surface area (TPSA) is 84.7 Å². The summed E-state index contributed by atoms with van der Waals surface area (Å²) >= 11 is 0. The molecule has 18 heavy (non-hydrogen) atoms. The molecule has 3 N–H and O–H groups in total. The van der Waals surface area contributed by atoms with Gasteiger partial charge in [-0.15, -0.1) is 0 Å². The van der Waals surface area contributed by atoms with E-state index in [0.29, 0.717) is 11.5 Å². The van der Waals surface area contributed by atoms with E-state index in [9.17, 15) is 4.79 Å². The number of amides is 1. The van der Waals surface area contributed by atoms with Gasteiger partial charge in [-0.1, -0.05) is 18.2 Å². The van der Waals surface area contributed by atoms with Crippen molar-refractivity contribution in [2.24, 2.45) is 5.73 Å². The van der Waals surface area contributed by atoms with E-state index in [0.717, 1.165) is 11.0 Å². The lowest BCUT2D eigenvalue weighted by atomic mass is 10.3. The van der Waals surface area contributed by atoms with Crippen molar-refractivity contribution in [2.75, 3.05) is 0 Å². The number of fused-ring (bicyclic) bond motifs is 1. The van der Waals surface area contributed by atoms with Crippen LogP contribution in [0.4, 0.5) is 0 Å². The van der Waals surface area contributed by atoms with Gasteiger partial charge in [-0.3, -0.25) is 4.79 Å². The fourth-order valence-electron chi connectivity index (χ4n) is 1.78. The van der Waals surface area contributed by atoms with E-state index in [4.69, 9.17) is 5.73 Å². The fourth-order valence-corrected chi connectivity index (χ4v) is 1.78. The van der Waals surface area contributed by atoms with Crippen LogP contribution >= 0.6 is 0 Å². The maximum atomic E-state index is 11.1. The van der Waals surface area contributed by atoms with E-state index >= 15 is 0 Å². The summed E-state index contributed by atoms with van der Waals surface area (Å²) in [5.74, 6) is 0.0762. The molecular weight excluding hydrogens is 228 g/mol. The number of pyridine rings is 1.